The number of nitrogens with zero attached hydrogens (tertiary/aromatic N) is 2. The van der Waals surface area contributed by atoms with Gasteiger partial charge >= 0.3 is 0 Å². The Labute approximate surface area is 215 Å². The van der Waals surface area contributed by atoms with Crippen LogP contribution in [0.4, 0.5) is 8.78 Å². The van der Waals surface area contributed by atoms with Crippen LogP contribution in [-0.2, 0) is 6.42 Å². The molecule has 5 nitrogen and oxygen atoms in total. The number of nitriles is 1. The summed E-state index contributed by atoms with van der Waals surface area (Å²) in [5.41, 5.74) is 7.93. The van der Waals surface area contributed by atoms with E-state index in [1.807, 2.05) is 11.0 Å². The van der Waals surface area contributed by atoms with Gasteiger partial charge in [-0.15, -0.1) is 0 Å². The number of nitrogens with two attached hydrogens (primary N) is 1. The van der Waals surface area contributed by atoms with Crippen LogP contribution in [0.2, 0.25) is 0 Å². The summed E-state index contributed by atoms with van der Waals surface area (Å²) >= 11 is 0. The van der Waals surface area contributed by atoms with Gasteiger partial charge in [-0.1, -0.05) is 24.3 Å². The van der Waals surface area contributed by atoms with E-state index in [9.17, 15) is 14.3 Å². The van der Waals surface area contributed by atoms with Crippen LogP contribution in [0.5, 0.6) is 0 Å². The summed E-state index contributed by atoms with van der Waals surface area (Å²) in [5.74, 6) is -1.31. The molecule has 0 spiro atoms. The van der Waals surface area contributed by atoms with Gasteiger partial charge in [0.2, 0.25) is 0 Å². The number of hydrogen-bond donors (Lipinski definition) is 2. The van der Waals surface area contributed by atoms with Gasteiger partial charge in [0.15, 0.2) is 0 Å². The van der Waals surface area contributed by atoms with Crippen LogP contribution in [0.3, 0.4) is 0 Å². The van der Waals surface area contributed by atoms with Crippen molar-refractivity contribution in [3.63, 3.8) is 0 Å². The number of fused-ring (bicyclic) bond motifs is 2. The number of carbonyl (C=O) groups excluding carboxylic acids is 1. The molecule has 2 aliphatic rings. The van der Waals surface area contributed by atoms with E-state index in [4.69, 9.17) is 11.0 Å². The Morgan fingerprint density at radius 3 is 2.41 bits per heavy atom. The Hall–Kier alpha value is -3.60. The predicted octanol–water partition coefficient (Wildman–Crippen LogP) is 5.19. The molecule has 2 fully saturated rings. The van der Waals surface area contributed by atoms with E-state index in [1.54, 1.807) is 50.2 Å². The molecule has 0 radical (unpaired) electrons. The molecule has 2 aliphatic heterocycles. The zero-order valence-electron chi connectivity index (χ0n) is 20.8. The predicted molar refractivity (Wildman–Crippen MR) is 138 cm³/mol. The van der Waals surface area contributed by atoms with Crippen LogP contribution in [0.25, 0.3) is 22.3 Å². The van der Waals surface area contributed by atoms with E-state index in [0.717, 1.165) is 19.3 Å². The van der Waals surface area contributed by atoms with Gasteiger partial charge in [-0.05, 0) is 85.7 Å². The number of rotatable bonds is 5. The minimum absolute atomic E-state index is 0.00810. The number of aliphatic hydroxyl groups is 1. The van der Waals surface area contributed by atoms with E-state index in [2.05, 4.69) is 0 Å². The average molecular weight is 502 g/mol. The normalized spacial score (nSPS) is 20.8. The van der Waals surface area contributed by atoms with E-state index in [-0.39, 0.29) is 36.0 Å². The van der Waals surface area contributed by atoms with E-state index < -0.39 is 17.2 Å². The first-order valence-electron chi connectivity index (χ1n) is 12.5. The second-order valence-electron chi connectivity index (χ2n) is 10.8. The summed E-state index contributed by atoms with van der Waals surface area (Å²) in [4.78, 5) is 15.4. The molecule has 5 rings (SSSR count). The van der Waals surface area contributed by atoms with Gasteiger partial charge in [0.05, 0.1) is 11.2 Å². The lowest BCUT2D eigenvalue weighted by atomic mass is 9.90. The topological polar surface area (TPSA) is 90.3 Å². The first kappa shape index (κ1) is 25.1. The maximum atomic E-state index is 15.4. The molecule has 3 aromatic rings. The third kappa shape index (κ3) is 4.75. The Bertz CT molecular complexity index is 1420. The summed E-state index contributed by atoms with van der Waals surface area (Å²) in [6.45, 7) is 3.32. The first-order valence-corrected chi connectivity index (χ1v) is 12.5. The van der Waals surface area contributed by atoms with E-state index in [1.165, 1.54) is 18.2 Å². The monoisotopic (exact) mass is 501 g/mol. The van der Waals surface area contributed by atoms with Crippen molar-refractivity contribution in [3.05, 3.63) is 82.9 Å². The van der Waals surface area contributed by atoms with Gasteiger partial charge in [0.1, 0.15) is 17.7 Å². The van der Waals surface area contributed by atoms with Crippen LogP contribution in [0.15, 0.2) is 54.6 Å². The minimum atomic E-state index is -0.987. The van der Waals surface area contributed by atoms with Crippen molar-refractivity contribution in [2.45, 2.75) is 63.3 Å². The molecule has 0 saturated carbocycles. The van der Waals surface area contributed by atoms with Crippen molar-refractivity contribution < 1.29 is 18.7 Å². The molecule has 0 aromatic heterocycles. The molecule has 3 aromatic carbocycles. The Morgan fingerprint density at radius 1 is 1.05 bits per heavy atom. The van der Waals surface area contributed by atoms with E-state index >= 15 is 4.39 Å². The number of benzene rings is 3. The first-order chi connectivity index (χ1) is 17.6. The minimum Gasteiger partial charge on any atom is -0.390 e. The largest absolute Gasteiger partial charge is 0.390 e. The maximum Gasteiger partial charge on any atom is 0.254 e. The van der Waals surface area contributed by atoms with Gasteiger partial charge in [0, 0.05) is 35.7 Å². The number of amides is 1. The highest BCUT2D eigenvalue weighted by molar-refractivity contribution is 5.98. The summed E-state index contributed by atoms with van der Waals surface area (Å²) in [7, 11) is 0. The lowest BCUT2D eigenvalue weighted by Gasteiger charge is -2.24. The van der Waals surface area contributed by atoms with Crippen molar-refractivity contribution in [2.24, 2.45) is 5.73 Å². The fourth-order valence-electron chi connectivity index (χ4n) is 5.81. The number of halogens is 2. The van der Waals surface area contributed by atoms with Crippen LogP contribution < -0.4 is 5.73 Å². The number of hydrogen-bond acceptors (Lipinski definition) is 4. The molecule has 0 unspecified atom stereocenters. The van der Waals surface area contributed by atoms with E-state index in [0.29, 0.717) is 33.4 Å². The fourth-order valence-corrected chi connectivity index (χ4v) is 5.81. The van der Waals surface area contributed by atoms with Gasteiger partial charge < -0.3 is 15.7 Å². The van der Waals surface area contributed by atoms with Crippen LogP contribution in [0.1, 0.15) is 54.6 Å². The Morgan fingerprint density at radius 2 is 1.81 bits per heavy atom. The van der Waals surface area contributed by atoms with Crippen molar-refractivity contribution in [1.29, 1.82) is 5.26 Å². The fraction of sp³-hybridized carbons (Fsp3) is 0.333. The smallest absolute Gasteiger partial charge is 0.254 e. The van der Waals surface area contributed by atoms with Crippen LogP contribution >= 0.6 is 0 Å². The molecule has 3 atom stereocenters. The molecule has 0 aliphatic carbocycles. The summed E-state index contributed by atoms with van der Waals surface area (Å²) in [6, 6.07) is 15.9. The molecular weight excluding hydrogens is 472 g/mol. The zero-order valence-corrected chi connectivity index (χ0v) is 20.8. The number of carbonyl (C=O) groups is 1. The van der Waals surface area contributed by atoms with Crippen LogP contribution in [0, 0.1) is 23.0 Å². The highest BCUT2D eigenvalue weighted by Gasteiger charge is 2.47. The van der Waals surface area contributed by atoms with Crippen molar-refractivity contribution >= 4 is 5.91 Å². The van der Waals surface area contributed by atoms with Gasteiger partial charge in [0.25, 0.3) is 5.91 Å². The lowest BCUT2D eigenvalue weighted by molar-refractivity contribution is 0.0726. The van der Waals surface area contributed by atoms with Crippen molar-refractivity contribution in [3.8, 4) is 28.3 Å². The molecule has 7 heteroatoms. The molecule has 2 bridgehead atoms. The Kier molecular flexibility index (Phi) is 6.35. The van der Waals surface area contributed by atoms with Gasteiger partial charge in [-0.2, -0.15) is 5.26 Å². The molecular formula is C30H29F2N3O2. The molecule has 190 valence electrons. The highest BCUT2D eigenvalue weighted by Crippen LogP contribution is 2.40. The maximum absolute atomic E-state index is 15.4. The quantitative estimate of drug-likeness (QED) is 0.504. The molecule has 1 amide bonds. The van der Waals surface area contributed by atoms with Crippen LogP contribution in [-0.4, -0.2) is 39.6 Å². The summed E-state index contributed by atoms with van der Waals surface area (Å²) in [6.07, 6.45) is 2.87. The SMILES string of the molecule is CC(C)(O)Cc1ccc(-c2ccc(C(=O)N3[C@@H]4CC[C@H]3[C@@H](N)C4)cc2-c2ccc(C#N)c(F)c2)c(F)c1. The summed E-state index contributed by atoms with van der Waals surface area (Å²) < 4.78 is 30.0. The third-order valence-electron chi connectivity index (χ3n) is 7.45. The van der Waals surface area contributed by atoms with Crippen molar-refractivity contribution in [1.82, 2.24) is 4.90 Å². The standard InChI is InChI=1S/C30H29F2N3O2/c1-30(2,37)15-17-3-8-23(26(32)11-17)22-9-6-19(29(36)35-21-7-10-28(35)27(34)14-21)12-24(22)18-4-5-20(16-33)25(31)13-18/h3-6,8-9,11-13,21,27-28,37H,7,10,14-15,34H2,1-2H3/t21-,27+,28+/m1/s1. The second kappa shape index (κ2) is 9.37. The van der Waals surface area contributed by atoms with Crippen molar-refractivity contribution in [2.75, 3.05) is 0 Å². The lowest BCUT2D eigenvalue weighted by Crippen LogP contribution is -2.40. The average Bonchev–Trinajstić information content (AvgIpc) is 3.39. The van der Waals surface area contributed by atoms with Gasteiger partial charge in [-0.3, -0.25) is 4.79 Å². The molecule has 2 heterocycles. The second-order valence-corrected chi connectivity index (χ2v) is 10.8. The zero-order chi connectivity index (χ0) is 26.5. The Balaban J connectivity index is 1.60. The molecule has 2 saturated heterocycles. The molecule has 3 N–H and O–H groups in total. The van der Waals surface area contributed by atoms with Gasteiger partial charge in [-0.25, -0.2) is 8.78 Å². The highest BCUT2D eigenvalue weighted by atomic mass is 19.1. The summed E-state index contributed by atoms with van der Waals surface area (Å²) in [5, 5.41) is 19.3. The molecule has 37 heavy (non-hydrogen) atoms. The third-order valence-corrected chi connectivity index (χ3v) is 7.45.